The van der Waals surface area contributed by atoms with E-state index in [2.05, 4.69) is 35.0 Å². The molecule has 2 saturated carbocycles. The number of fused-ring (bicyclic) bond motifs is 1. The summed E-state index contributed by atoms with van der Waals surface area (Å²) in [6.07, 6.45) is 2.19. The van der Waals surface area contributed by atoms with E-state index in [9.17, 15) is 24.0 Å². The summed E-state index contributed by atoms with van der Waals surface area (Å²) in [5, 5.41) is 12.9. The van der Waals surface area contributed by atoms with Crippen molar-refractivity contribution in [1.29, 1.82) is 0 Å². The van der Waals surface area contributed by atoms with E-state index in [-0.39, 0.29) is 35.0 Å². The van der Waals surface area contributed by atoms with Crippen molar-refractivity contribution in [2.75, 3.05) is 13.7 Å². The monoisotopic (exact) mass is 638 g/mol. The zero-order valence-corrected chi connectivity index (χ0v) is 28.3. The molecular weight excluding hydrogens is 588 g/mol. The maximum absolute atomic E-state index is 14.3. The average Bonchev–Trinajstić information content (AvgIpc) is 3.83. The second-order valence-electron chi connectivity index (χ2n) is 15.0. The normalized spacial score (nSPS) is 23.9. The number of ketones is 1. The standard InChI is InChI=1S/C34H50N6O6/c1-18(2)24(25(39-46-8)20-12-10-9-11-13-20)37-32(45)38-28(33(3,4)5)31(44)40-17-21-23(34(21,6)7)26(40)30(43)36-22(16-19-14-15-19)27(41)29(35)42/h9-13,18-19,21-24,26,28H,14-17H2,1-8H3,(H2,35,42)(H,36,43)(H2,37,38,45)/t21-,22?,23-,24-,26-,28+/m0/s1. The molecule has 0 aromatic heterocycles. The Labute approximate surface area is 271 Å². The third-order valence-corrected chi connectivity index (χ3v) is 9.80. The van der Waals surface area contributed by atoms with Gasteiger partial charge in [-0.15, -0.1) is 0 Å². The summed E-state index contributed by atoms with van der Waals surface area (Å²) in [6, 6.07) is 5.43. The highest BCUT2D eigenvalue weighted by atomic mass is 16.6. The number of nitrogens with zero attached hydrogens (tertiary/aromatic N) is 2. The Morgan fingerprint density at radius 1 is 1.04 bits per heavy atom. The molecule has 252 valence electrons. The molecule has 0 bridgehead atoms. The van der Waals surface area contributed by atoms with Gasteiger partial charge in [0.15, 0.2) is 0 Å². The zero-order chi connectivity index (χ0) is 34.1. The number of primary amides is 1. The molecule has 12 nitrogen and oxygen atoms in total. The van der Waals surface area contributed by atoms with Gasteiger partial charge in [-0.2, -0.15) is 0 Å². The summed E-state index contributed by atoms with van der Waals surface area (Å²) < 4.78 is 0. The summed E-state index contributed by atoms with van der Waals surface area (Å²) in [4.78, 5) is 72.9. The molecule has 12 heteroatoms. The summed E-state index contributed by atoms with van der Waals surface area (Å²) >= 11 is 0. The first-order valence-electron chi connectivity index (χ1n) is 16.2. The van der Waals surface area contributed by atoms with Crippen LogP contribution in [0.15, 0.2) is 35.5 Å². The number of benzene rings is 1. The number of oxime groups is 1. The van der Waals surface area contributed by atoms with Gasteiger partial charge in [-0.25, -0.2) is 4.79 Å². The van der Waals surface area contributed by atoms with E-state index in [1.54, 1.807) is 0 Å². The summed E-state index contributed by atoms with van der Waals surface area (Å²) in [7, 11) is 1.45. The highest BCUT2D eigenvalue weighted by molar-refractivity contribution is 6.37. The molecule has 1 heterocycles. The Kier molecular flexibility index (Phi) is 10.2. The minimum absolute atomic E-state index is 0.0728. The van der Waals surface area contributed by atoms with Crippen molar-refractivity contribution in [3.8, 4) is 0 Å². The molecule has 3 fully saturated rings. The summed E-state index contributed by atoms with van der Waals surface area (Å²) in [5.41, 5.74) is 5.73. The number of amides is 5. The smallest absolute Gasteiger partial charge is 0.316 e. The number of carbonyl (C=O) groups excluding carboxylic acids is 5. The van der Waals surface area contributed by atoms with Crippen LogP contribution in [-0.4, -0.2) is 78.0 Å². The van der Waals surface area contributed by atoms with Gasteiger partial charge in [0.05, 0.1) is 12.1 Å². The van der Waals surface area contributed by atoms with Crippen LogP contribution in [0.2, 0.25) is 0 Å². The predicted octanol–water partition coefficient (Wildman–Crippen LogP) is 2.60. The van der Waals surface area contributed by atoms with E-state index >= 15 is 0 Å². The highest BCUT2D eigenvalue weighted by Gasteiger charge is 2.70. The first kappa shape index (κ1) is 34.9. The van der Waals surface area contributed by atoms with E-state index < -0.39 is 53.2 Å². The van der Waals surface area contributed by atoms with Gasteiger partial charge in [-0.05, 0) is 40.9 Å². The number of urea groups is 1. The number of Topliss-reactive ketones (excluding diaryl/α,β-unsaturated/α-hetero) is 1. The molecule has 1 aromatic rings. The topological polar surface area (TPSA) is 172 Å². The Bertz CT molecular complexity index is 1370. The molecule has 5 amide bonds. The van der Waals surface area contributed by atoms with Crippen LogP contribution in [0.1, 0.15) is 73.3 Å². The molecule has 1 unspecified atom stereocenters. The molecule has 0 spiro atoms. The van der Waals surface area contributed by atoms with E-state index in [0.717, 1.165) is 18.4 Å². The van der Waals surface area contributed by atoms with Gasteiger partial charge in [-0.3, -0.25) is 19.2 Å². The summed E-state index contributed by atoms with van der Waals surface area (Å²) in [5.74, 6) is -2.66. The second-order valence-corrected chi connectivity index (χ2v) is 15.0. The first-order chi connectivity index (χ1) is 21.5. The third kappa shape index (κ3) is 7.53. The Morgan fingerprint density at radius 2 is 1.67 bits per heavy atom. The Morgan fingerprint density at radius 3 is 2.20 bits per heavy atom. The van der Waals surface area contributed by atoms with Crippen LogP contribution < -0.4 is 21.7 Å². The molecule has 4 rings (SSSR count). The number of hydrogen-bond donors (Lipinski definition) is 4. The van der Waals surface area contributed by atoms with Crippen molar-refractivity contribution < 1.29 is 28.8 Å². The second kappa shape index (κ2) is 13.4. The molecular formula is C34H50N6O6. The van der Waals surface area contributed by atoms with E-state index in [0.29, 0.717) is 18.7 Å². The van der Waals surface area contributed by atoms with Crippen molar-refractivity contribution in [1.82, 2.24) is 20.9 Å². The molecule has 1 saturated heterocycles. The van der Waals surface area contributed by atoms with Gasteiger partial charge in [0.25, 0.3) is 5.91 Å². The molecule has 46 heavy (non-hydrogen) atoms. The van der Waals surface area contributed by atoms with Crippen LogP contribution in [0.4, 0.5) is 4.79 Å². The van der Waals surface area contributed by atoms with Gasteiger partial charge in [-0.1, -0.05) is 96.8 Å². The molecule has 3 aliphatic rings. The Balaban J connectivity index is 1.55. The molecule has 0 radical (unpaired) electrons. The fourth-order valence-electron chi connectivity index (χ4n) is 6.84. The lowest BCUT2D eigenvalue weighted by molar-refractivity contribution is -0.145. The fraction of sp³-hybridized carbons (Fsp3) is 0.647. The first-order valence-corrected chi connectivity index (χ1v) is 16.2. The number of rotatable bonds is 13. The van der Waals surface area contributed by atoms with Crippen LogP contribution in [0.5, 0.6) is 0 Å². The maximum Gasteiger partial charge on any atom is 0.316 e. The molecule has 5 N–H and O–H groups in total. The maximum atomic E-state index is 14.3. The quantitative estimate of drug-likeness (QED) is 0.147. The van der Waals surface area contributed by atoms with Crippen LogP contribution >= 0.6 is 0 Å². The lowest BCUT2D eigenvalue weighted by Crippen LogP contribution is -2.62. The number of nitrogens with two attached hydrogens (primary N) is 1. The number of hydrogen-bond acceptors (Lipinski definition) is 7. The van der Waals surface area contributed by atoms with E-state index in [4.69, 9.17) is 10.6 Å². The van der Waals surface area contributed by atoms with Crippen molar-refractivity contribution in [3.05, 3.63) is 35.9 Å². The largest absolute Gasteiger partial charge is 0.399 e. The highest BCUT2D eigenvalue weighted by Crippen LogP contribution is 2.65. The average molecular weight is 639 g/mol. The lowest BCUT2D eigenvalue weighted by atomic mass is 9.85. The van der Waals surface area contributed by atoms with Crippen LogP contribution in [0.25, 0.3) is 0 Å². The number of likely N-dealkylation sites (tertiary alicyclic amines) is 1. The number of carbonyl (C=O) groups is 5. The van der Waals surface area contributed by atoms with E-state index in [1.807, 2.05) is 65.0 Å². The van der Waals surface area contributed by atoms with Crippen molar-refractivity contribution >= 4 is 35.2 Å². The van der Waals surface area contributed by atoms with Gasteiger partial charge >= 0.3 is 6.03 Å². The fourth-order valence-corrected chi connectivity index (χ4v) is 6.84. The molecule has 1 aromatic carbocycles. The van der Waals surface area contributed by atoms with Gasteiger partial charge in [0, 0.05) is 12.1 Å². The molecule has 1 aliphatic heterocycles. The van der Waals surface area contributed by atoms with Crippen molar-refractivity contribution in [3.63, 3.8) is 0 Å². The minimum Gasteiger partial charge on any atom is -0.399 e. The van der Waals surface area contributed by atoms with Crippen LogP contribution in [0, 0.1) is 34.5 Å². The SMILES string of the molecule is CON=C(c1ccccc1)[C@@H](NC(=O)N[C@H](C(=O)N1C[C@H]2[C@@H]([C@H]1C(=O)NC(CC1CC1)C(=O)C(N)=O)C2(C)C)C(C)(C)C)C(C)C. The zero-order valence-electron chi connectivity index (χ0n) is 28.3. The summed E-state index contributed by atoms with van der Waals surface area (Å²) in [6.45, 7) is 13.9. The van der Waals surface area contributed by atoms with E-state index in [1.165, 1.54) is 12.0 Å². The van der Waals surface area contributed by atoms with Gasteiger partial charge in [0.2, 0.25) is 17.6 Å². The lowest BCUT2D eigenvalue weighted by Gasteiger charge is -2.38. The van der Waals surface area contributed by atoms with Crippen LogP contribution in [-0.2, 0) is 24.0 Å². The van der Waals surface area contributed by atoms with Crippen molar-refractivity contribution in [2.45, 2.75) is 91.9 Å². The number of nitrogens with one attached hydrogen (secondary N) is 3. The molecule has 6 atom stereocenters. The predicted molar refractivity (Wildman–Crippen MR) is 173 cm³/mol. The van der Waals surface area contributed by atoms with Crippen molar-refractivity contribution in [2.24, 2.45) is 45.4 Å². The minimum atomic E-state index is -1.09. The van der Waals surface area contributed by atoms with Gasteiger partial charge < -0.3 is 31.4 Å². The van der Waals surface area contributed by atoms with Crippen LogP contribution in [0.3, 0.4) is 0 Å². The third-order valence-electron chi connectivity index (χ3n) is 9.80. The number of piperidine rings is 1. The van der Waals surface area contributed by atoms with Gasteiger partial charge in [0.1, 0.15) is 24.9 Å². The Hall–Kier alpha value is -3.96. The molecule has 2 aliphatic carbocycles.